The summed E-state index contributed by atoms with van der Waals surface area (Å²) in [6.07, 6.45) is 4.63. The van der Waals surface area contributed by atoms with Crippen LogP contribution in [0.2, 0.25) is 0 Å². The van der Waals surface area contributed by atoms with E-state index in [2.05, 4.69) is 16.0 Å². The van der Waals surface area contributed by atoms with E-state index in [-0.39, 0.29) is 5.91 Å². The first-order valence-corrected chi connectivity index (χ1v) is 7.04. The van der Waals surface area contributed by atoms with Crippen molar-refractivity contribution in [1.82, 2.24) is 14.8 Å². The van der Waals surface area contributed by atoms with Crippen molar-refractivity contribution in [2.24, 2.45) is 5.92 Å². The van der Waals surface area contributed by atoms with Crippen molar-refractivity contribution < 1.29 is 9.53 Å². The van der Waals surface area contributed by atoms with Crippen molar-refractivity contribution in [3.63, 3.8) is 0 Å². The van der Waals surface area contributed by atoms with Crippen molar-refractivity contribution in [2.75, 3.05) is 46.9 Å². The van der Waals surface area contributed by atoms with Gasteiger partial charge in [0, 0.05) is 39.6 Å². The Morgan fingerprint density at radius 3 is 3.10 bits per heavy atom. The predicted octanol–water partition coefficient (Wildman–Crippen LogP) is 0.661. The van der Waals surface area contributed by atoms with Crippen LogP contribution in [0.5, 0.6) is 0 Å². The molecule has 0 aliphatic carbocycles. The minimum atomic E-state index is 0.145. The molecule has 2 rings (SSSR count). The molecule has 0 saturated carbocycles. The summed E-state index contributed by atoms with van der Waals surface area (Å²) in [7, 11) is 3.59. The maximum Gasteiger partial charge on any atom is 0.236 e. The fourth-order valence-corrected chi connectivity index (χ4v) is 2.40. The molecule has 0 bridgehead atoms. The summed E-state index contributed by atoms with van der Waals surface area (Å²) < 4.78 is 5.66. The topological polar surface area (TPSA) is 45.7 Å². The highest BCUT2D eigenvalue weighted by Crippen LogP contribution is 2.13. The lowest BCUT2D eigenvalue weighted by Gasteiger charge is -2.24. The van der Waals surface area contributed by atoms with E-state index in [0.717, 1.165) is 26.1 Å². The van der Waals surface area contributed by atoms with Gasteiger partial charge in [0.05, 0.1) is 19.8 Å². The minimum Gasteiger partial charge on any atom is -0.380 e. The lowest BCUT2D eigenvalue weighted by Crippen LogP contribution is -2.39. The molecule has 0 unspecified atom stereocenters. The summed E-state index contributed by atoms with van der Waals surface area (Å²) in [4.78, 5) is 19.8. The Morgan fingerprint density at radius 1 is 1.55 bits per heavy atom. The van der Waals surface area contributed by atoms with Gasteiger partial charge in [-0.1, -0.05) is 6.07 Å². The fraction of sp³-hybridized carbons (Fsp3) is 0.600. The number of hydrogen-bond donors (Lipinski definition) is 0. The van der Waals surface area contributed by atoms with Crippen LogP contribution in [-0.4, -0.2) is 67.6 Å². The molecule has 1 aliphatic heterocycles. The Kier molecular flexibility index (Phi) is 5.49. The van der Waals surface area contributed by atoms with Gasteiger partial charge in [-0.05, 0) is 24.0 Å². The number of pyridine rings is 1. The van der Waals surface area contributed by atoms with Gasteiger partial charge in [-0.25, -0.2) is 0 Å². The highest BCUT2D eigenvalue weighted by molar-refractivity contribution is 5.77. The van der Waals surface area contributed by atoms with Crippen LogP contribution in [0.1, 0.15) is 5.56 Å². The number of likely N-dealkylation sites (N-methyl/N-ethyl adjacent to an activating group) is 1. The van der Waals surface area contributed by atoms with Crippen LogP contribution in [0, 0.1) is 5.92 Å². The summed E-state index contributed by atoms with van der Waals surface area (Å²) >= 11 is 0. The Bertz CT molecular complexity index is 422. The largest absolute Gasteiger partial charge is 0.380 e. The van der Waals surface area contributed by atoms with Crippen molar-refractivity contribution >= 4 is 5.91 Å². The lowest BCUT2D eigenvalue weighted by molar-refractivity contribution is -0.129. The smallest absolute Gasteiger partial charge is 0.236 e. The van der Waals surface area contributed by atoms with Gasteiger partial charge in [0.2, 0.25) is 5.91 Å². The molecule has 1 amide bonds. The molecule has 1 aliphatic rings. The van der Waals surface area contributed by atoms with Crippen LogP contribution in [0.3, 0.4) is 0 Å². The summed E-state index contributed by atoms with van der Waals surface area (Å²) in [5.74, 6) is 0.559. The average molecular weight is 277 g/mol. The number of nitrogens with zero attached hydrogens (tertiary/aromatic N) is 3. The number of carbonyl (C=O) groups is 1. The highest BCUT2D eigenvalue weighted by Gasteiger charge is 2.21. The molecule has 0 spiro atoms. The predicted molar refractivity (Wildman–Crippen MR) is 77.4 cm³/mol. The molecule has 1 saturated heterocycles. The first kappa shape index (κ1) is 14.9. The van der Waals surface area contributed by atoms with Crippen molar-refractivity contribution in [3.8, 4) is 0 Å². The monoisotopic (exact) mass is 277 g/mol. The number of rotatable bonds is 4. The number of hydrogen-bond acceptors (Lipinski definition) is 4. The van der Waals surface area contributed by atoms with E-state index in [1.54, 1.807) is 25.2 Å². The zero-order chi connectivity index (χ0) is 14.4. The maximum absolute atomic E-state index is 11.8. The second-order valence-corrected chi connectivity index (χ2v) is 5.53. The molecule has 20 heavy (non-hydrogen) atoms. The van der Waals surface area contributed by atoms with Crippen molar-refractivity contribution in [1.29, 1.82) is 0 Å². The molecule has 1 atom stereocenters. The van der Waals surface area contributed by atoms with Gasteiger partial charge < -0.3 is 9.64 Å². The van der Waals surface area contributed by atoms with Crippen LogP contribution in [-0.2, 0) is 16.0 Å². The van der Waals surface area contributed by atoms with Gasteiger partial charge >= 0.3 is 0 Å². The Hall–Kier alpha value is -1.46. The highest BCUT2D eigenvalue weighted by atomic mass is 16.5. The quantitative estimate of drug-likeness (QED) is 0.811. The third kappa shape index (κ3) is 4.58. The molecule has 1 aromatic rings. The Labute approximate surface area is 120 Å². The van der Waals surface area contributed by atoms with E-state index < -0.39 is 0 Å². The van der Waals surface area contributed by atoms with Gasteiger partial charge in [-0.2, -0.15) is 0 Å². The first-order valence-electron chi connectivity index (χ1n) is 7.04. The standard InChI is InChI=1S/C15H23N3O2/c1-17(2)15(19)11-18-6-7-20-12-14(10-18)8-13-4-3-5-16-9-13/h3-5,9,14H,6-8,10-12H2,1-2H3/t14-/m1/s1. The summed E-state index contributed by atoms with van der Waals surface area (Å²) in [6.45, 7) is 3.64. The average Bonchev–Trinajstić information content (AvgIpc) is 2.65. The van der Waals surface area contributed by atoms with E-state index in [9.17, 15) is 4.79 Å². The van der Waals surface area contributed by atoms with Gasteiger partial charge in [-0.15, -0.1) is 0 Å². The summed E-state index contributed by atoms with van der Waals surface area (Å²) in [6, 6.07) is 4.05. The fourth-order valence-electron chi connectivity index (χ4n) is 2.40. The third-order valence-corrected chi connectivity index (χ3v) is 3.53. The van der Waals surface area contributed by atoms with Crippen LogP contribution in [0.15, 0.2) is 24.5 Å². The zero-order valence-corrected chi connectivity index (χ0v) is 12.3. The molecule has 5 nitrogen and oxygen atoms in total. The molecular formula is C15H23N3O2. The molecule has 1 aromatic heterocycles. The van der Waals surface area contributed by atoms with Gasteiger partial charge in [-0.3, -0.25) is 14.7 Å². The van der Waals surface area contributed by atoms with Gasteiger partial charge in [0.15, 0.2) is 0 Å². The van der Waals surface area contributed by atoms with E-state index in [4.69, 9.17) is 4.74 Å². The minimum absolute atomic E-state index is 0.145. The SMILES string of the molecule is CN(C)C(=O)CN1CCOC[C@H](Cc2cccnc2)C1. The Balaban J connectivity index is 1.91. The molecular weight excluding hydrogens is 254 g/mol. The summed E-state index contributed by atoms with van der Waals surface area (Å²) in [5, 5.41) is 0. The van der Waals surface area contributed by atoms with Crippen LogP contribution >= 0.6 is 0 Å². The Morgan fingerprint density at radius 2 is 2.40 bits per heavy atom. The summed E-state index contributed by atoms with van der Waals surface area (Å²) in [5.41, 5.74) is 1.22. The number of amides is 1. The second-order valence-electron chi connectivity index (χ2n) is 5.53. The van der Waals surface area contributed by atoms with Crippen molar-refractivity contribution in [3.05, 3.63) is 30.1 Å². The van der Waals surface area contributed by atoms with Crippen LogP contribution < -0.4 is 0 Å². The maximum atomic E-state index is 11.8. The van der Waals surface area contributed by atoms with Crippen LogP contribution in [0.4, 0.5) is 0 Å². The normalized spacial score (nSPS) is 20.4. The van der Waals surface area contributed by atoms with E-state index >= 15 is 0 Å². The molecule has 0 N–H and O–H groups in total. The number of aromatic nitrogens is 1. The first-order chi connectivity index (χ1) is 9.65. The van der Waals surface area contributed by atoms with Crippen molar-refractivity contribution in [2.45, 2.75) is 6.42 Å². The molecule has 1 fully saturated rings. The zero-order valence-electron chi connectivity index (χ0n) is 12.3. The molecule has 0 radical (unpaired) electrons. The molecule has 5 heteroatoms. The molecule has 110 valence electrons. The number of ether oxygens (including phenoxy) is 1. The van der Waals surface area contributed by atoms with E-state index in [0.29, 0.717) is 19.1 Å². The van der Waals surface area contributed by atoms with Gasteiger partial charge in [0.1, 0.15) is 0 Å². The molecule has 0 aromatic carbocycles. The second kappa shape index (κ2) is 7.36. The van der Waals surface area contributed by atoms with E-state index in [1.807, 2.05) is 12.3 Å². The third-order valence-electron chi connectivity index (χ3n) is 3.53. The van der Waals surface area contributed by atoms with Gasteiger partial charge in [0.25, 0.3) is 0 Å². The number of carbonyl (C=O) groups excluding carboxylic acids is 1. The molecule has 2 heterocycles. The lowest BCUT2D eigenvalue weighted by atomic mass is 10.0. The van der Waals surface area contributed by atoms with Crippen LogP contribution in [0.25, 0.3) is 0 Å². The van der Waals surface area contributed by atoms with E-state index in [1.165, 1.54) is 5.56 Å².